The van der Waals surface area contributed by atoms with Gasteiger partial charge < -0.3 is 39.0 Å². The zero-order valence-electron chi connectivity index (χ0n) is 21.8. The molecule has 1 fully saturated rings. The quantitative estimate of drug-likeness (QED) is 0.204. The Balaban J connectivity index is 2.51. The number of methoxy groups -OCH3 is 2. The van der Waals surface area contributed by atoms with E-state index in [0.29, 0.717) is 5.75 Å². The lowest BCUT2D eigenvalue weighted by atomic mass is 9.97. The van der Waals surface area contributed by atoms with Crippen LogP contribution in [0.4, 0.5) is 0 Å². The molecule has 0 spiro atoms. The molecule has 1 aromatic rings. The number of esters is 1. The summed E-state index contributed by atoms with van der Waals surface area (Å²) < 4.78 is 46.9. The van der Waals surface area contributed by atoms with Gasteiger partial charge in [0, 0.05) is 14.0 Å². The molecule has 13 nitrogen and oxygen atoms in total. The van der Waals surface area contributed by atoms with Gasteiger partial charge in [0.15, 0.2) is 6.29 Å². The second-order valence-corrected chi connectivity index (χ2v) is 10.3. The van der Waals surface area contributed by atoms with Gasteiger partial charge in [0.25, 0.3) is 0 Å². The molecule has 1 aliphatic heterocycles. The molecule has 2 rings (SSSR count). The summed E-state index contributed by atoms with van der Waals surface area (Å²) in [6.07, 6.45) is -5.38. The molecular weight excluding hydrogens is 511 g/mol. The maximum absolute atomic E-state index is 14.2. The van der Waals surface area contributed by atoms with E-state index in [4.69, 9.17) is 28.0 Å². The minimum Gasteiger partial charge on any atom is -0.497 e. The number of aliphatic hydroxyl groups is 2. The van der Waals surface area contributed by atoms with E-state index < -0.39 is 68.8 Å². The van der Waals surface area contributed by atoms with Crippen LogP contribution >= 0.6 is 7.75 Å². The van der Waals surface area contributed by atoms with Crippen molar-refractivity contribution in [2.45, 2.75) is 64.4 Å². The number of carbonyl (C=O) groups is 2. The summed E-state index contributed by atoms with van der Waals surface area (Å²) in [5.41, 5.74) is 0. The van der Waals surface area contributed by atoms with Crippen LogP contribution in [0.1, 0.15) is 27.7 Å². The second-order valence-electron chi connectivity index (χ2n) is 8.62. The third-order valence-corrected chi connectivity index (χ3v) is 7.07. The summed E-state index contributed by atoms with van der Waals surface area (Å²) in [6.45, 7) is 5.75. The van der Waals surface area contributed by atoms with Crippen molar-refractivity contribution in [2.75, 3.05) is 27.4 Å². The van der Waals surface area contributed by atoms with E-state index in [1.54, 1.807) is 32.9 Å². The molecule has 1 saturated heterocycles. The second kappa shape index (κ2) is 14.1. The lowest BCUT2D eigenvalue weighted by molar-refractivity contribution is -0.259. The van der Waals surface area contributed by atoms with Crippen molar-refractivity contribution in [3.8, 4) is 11.5 Å². The molecule has 1 aromatic carbocycles. The highest BCUT2D eigenvalue weighted by Crippen LogP contribution is 2.49. The molecular formula is C23H37N2O11P. The van der Waals surface area contributed by atoms with Gasteiger partial charge >= 0.3 is 13.7 Å². The number of ether oxygens (including phenoxy) is 4. The third-order valence-electron chi connectivity index (χ3n) is 5.51. The number of benzene rings is 1. The first-order valence-electron chi connectivity index (χ1n) is 11.8. The molecule has 1 heterocycles. The molecule has 0 radical (unpaired) electrons. The van der Waals surface area contributed by atoms with Gasteiger partial charge in [-0.15, -0.1) is 0 Å². The number of amides is 1. The predicted molar refractivity (Wildman–Crippen MR) is 131 cm³/mol. The van der Waals surface area contributed by atoms with E-state index in [1.165, 1.54) is 33.3 Å². The lowest BCUT2D eigenvalue weighted by Crippen LogP contribution is -2.65. The molecule has 1 aliphatic rings. The minimum atomic E-state index is -4.51. The molecule has 7 atom stereocenters. The predicted octanol–water partition coefficient (Wildman–Crippen LogP) is 0.974. The van der Waals surface area contributed by atoms with Crippen molar-refractivity contribution in [1.29, 1.82) is 0 Å². The Hall–Kier alpha value is -2.25. The van der Waals surface area contributed by atoms with Crippen LogP contribution < -0.4 is 19.7 Å². The van der Waals surface area contributed by atoms with Crippen LogP contribution in [0.3, 0.4) is 0 Å². The zero-order chi connectivity index (χ0) is 27.8. The first-order chi connectivity index (χ1) is 17.5. The summed E-state index contributed by atoms with van der Waals surface area (Å²) in [5, 5.41) is 25.8. The molecule has 0 aromatic heterocycles. The van der Waals surface area contributed by atoms with Gasteiger partial charge in [0.1, 0.15) is 41.9 Å². The van der Waals surface area contributed by atoms with Crippen molar-refractivity contribution in [1.82, 2.24) is 10.4 Å². The molecule has 0 bridgehead atoms. The fourth-order valence-corrected chi connectivity index (χ4v) is 5.55. The van der Waals surface area contributed by atoms with E-state index in [2.05, 4.69) is 10.4 Å². The molecule has 37 heavy (non-hydrogen) atoms. The number of aliphatic hydroxyl groups excluding tert-OH is 2. The maximum Gasteiger partial charge on any atom is 0.459 e. The monoisotopic (exact) mass is 548 g/mol. The van der Waals surface area contributed by atoms with Gasteiger partial charge in [-0.25, -0.2) is 4.57 Å². The summed E-state index contributed by atoms with van der Waals surface area (Å²) in [6, 6.07) is 3.81. The van der Waals surface area contributed by atoms with Crippen molar-refractivity contribution < 1.29 is 52.4 Å². The summed E-state index contributed by atoms with van der Waals surface area (Å²) in [7, 11) is -1.73. The average Bonchev–Trinajstić information content (AvgIpc) is 2.85. The van der Waals surface area contributed by atoms with Crippen LogP contribution in [0.15, 0.2) is 24.3 Å². The number of hydrogen-bond donors (Lipinski definition) is 4. The van der Waals surface area contributed by atoms with Gasteiger partial charge in [0.05, 0.1) is 20.3 Å². The van der Waals surface area contributed by atoms with Crippen molar-refractivity contribution >= 4 is 19.6 Å². The van der Waals surface area contributed by atoms with Crippen LogP contribution in [0.5, 0.6) is 11.5 Å². The van der Waals surface area contributed by atoms with Gasteiger partial charge in [-0.2, -0.15) is 5.09 Å². The number of nitrogens with one attached hydrogen (secondary N) is 2. The van der Waals surface area contributed by atoms with Crippen LogP contribution in [0, 0.1) is 5.92 Å². The topological polar surface area (TPSA) is 171 Å². The van der Waals surface area contributed by atoms with E-state index >= 15 is 0 Å². The Morgan fingerprint density at radius 1 is 1.16 bits per heavy atom. The molecule has 1 amide bonds. The SMILES string of the molecule is CCOC(=O)[C@@H](NP(=O)(Oc1ccc(OC)cc1)O[C@H]1[C@H](O)[C@@H](CO)O[C@H](OC)[C@@H]1NC(C)=O)C(C)C. The average molecular weight is 549 g/mol. The van der Waals surface area contributed by atoms with Crippen molar-refractivity contribution in [3.63, 3.8) is 0 Å². The standard InChI is InChI=1S/C23H37N2O11P/c1-7-33-22(29)18(13(2)3)25-37(30,35-16-10-8-15(31-5)9-11-16)36-21-19(24-14(4)27)23(32-6)34-17(12-26)20(21)28/h8-11,13,17-21,23,26,28H,7,12H2,1-6H3,(H,24,27)(H,25,30)/t17-,18+,19-,20-,21-,23+,37?/m1/s1. The first kappa shape index (κ1) is 31.0. The molecule has 0 aliphatic carbocycles. The fourth-order valence-electron chi connectivity index (χ4n) is 3.67. The molecule has 0 saturated carbocycles. The Morgan fingerprint density at radius 2 is 1.78 bits per heavy atom. The molecule has 210 valence electrons. The van der Waals surface area contributed by atoms with Crippen LogP contribution in [0.2, 0.25) is 0 Å². The summed E-state index contributed by atoms with van der Waals surface area (Å²) in [4.78, 5) is 24.6. The highest BCUT2D eigenvalue weighted by molar-refractivity contribution is 7.52. The van der Waals surface area contributed by atoms with Gasteiger partial charge in [-0.1, -0.05) is 13.8 Å². The van der Waals surface area contributed by atoms with Crippen molar-refractivity contribution in [2.24, 2.45) is 5.92 Å². The fraction of sp³-hybridized carbons (Fsp3) is 0.652. The Morgan fingerprint density at radius 3 is 2.27 bits per heavy atom. The number of carbonyl (C=O) groups excluding carboxylic acids is 2. The summed E-state index contributed by atoms with van der Waals surface area (Å²) in [5.74, 6) is -0.986. The van der Waals surface area contributed by atoms with Gasteiger partial charge in [-0.3, -0.25) is 14.1 Å². The van der Waals surface area contributed by atoms with Crippen molar-refractivity contribution in [3.05, 3.63) is 24.3 Å². The van der Waals surface area contributed by atoms with Crippen LogP contribution in [-0.2, 0) is 32.9 Å². The van der Waals surface area contributed by atoms with E-state index in [-0.39, 0.29) is 12.4 Å². The summed E-state index contributed by atoms with van der Waals surface area (Å²) >= 11 is 0. The molecule has 14 heteroatoms. The van der Waals surface area contributed by atoms with Gasteiger partial charge in [0.2, 0.25) is 5.91 Å². The highest BCUT2D eigenvalue weighted by Gasteiger charge is 2.51. The highest BCUT2D eigenvalue weighted by atomic mass is 31.2. The Bertz CT molecular complexity index is 930. The zero-order valence-corrected chi connectivity index (χ0v) is 22.7. The third kappa shape index (κ3) is 8.37. The minimum absolute atomic E-state index is 0.0885. The van der Waals surface area contributed by atoms with Gasteiger partial charge in [-0.05, 0) is 37.1 Å². The largest absolute Gasteiger partial charge is 0.497 e. The smallest absolute Gasteiger partial charge is 0.459 e. The molecule has 1 unspecified atom stereocenters. The lowest BCUT2D eigenvalue weighted by Gasteiger charge is -2.44. The Kier molecular flexibility index (Phi) is 11.8. The van der Waals surface area contributed by atoms with E-state index in [1.807, 2.05) is 0 Å². The van der Waals surface area contributed by atoms with Crippen LogP contribution in [-0.4, -0.2) is 86.2 Å². The Labute approximate surface area is 216 Å². The number of rotatable bonds is 13. The van der Waals surface area contributed by atoms with E-state index in [9.17, 15) is 24.4 Å². The maximum atomic E-state index is 14.2. The first-order valence-corrected chi connectivity index (χ1v) is 13.3. The molecule has 4 N–H and O–H groups in total. The normalized spacial score (nSPS) is 26.1. The van der Waals surface area contributed by atoms with Crippen LogP contribution in [0.25, 0.3) is 0 Å². The van der Waals surface area contributed by atoms with E-state index in [0.717, 1.165) is 0 Å². The number of hydrogen-bond acceptors (Lipinski definition) is 11.